The third-order valence-corrected chi connectivity index (χ3v) is 3.00. The molecule has 0 aliphatic rings. The highest BCUT2D eigenvalue weighted by Gasteiger charge is 2.09. The zero-order chi connectivity index (χ0) is 12.0. The van der Waals surface area contributed by atoms with Crippen molar-refractivity contribution in [2.45, 2.75) is 18.4 Å². The maximum absolute atomic E-state index is 13.3. The summed E-state index contributed by atoms with van der Waals surface area (Å²) in [6.07, 6.45) is 0. The summed E-state index contributed by atoms with van der Waals surface area (Å²) in [6, 6.07) is 4.70. The van der Waals surface area contributed by atoms with E-state index in [1.54, 1.807) is 19.1 Å². The van der Waals surface area contributed by atoms with Gasteiger partial charge in [0.15, 0.2) is 0 Å². The van der Waals surface area contributed by atoms with Gasteiger partial charge < -0.3 is 10.5 Å². The first-order valence-electron chi connectivity index (χ1n) is 4.95. The summed E-state index contributed by atoms with van der Waals surface area (Å²) >= 11 is 1.24. The van der Waals surface area contributed by atoms with E-state index >= 15 is 0 Å². The first kappa shape index (κ1) is 13.0. The average molecular weight is 243 g/mol. The van der Waals surface area contributed by atoms with Gasteiger partial charge in [-0.25, -0.2) is 4.39 Å². The van der Waals surface area contributed by atoms with Crippen LogP contribution in [0.2, 0.25) is 0 Å². The normalized spacial score (nSPS) is 10.2. The fourth-order valence-electron chi connectivity index (χ4n) is 1.21. The molecule has 0 amide bonds. The van der Waals surface area contributed by atoms with E-state index in [2.05, 4.69) is 0 Å². The van der Waals surface area contributed by atoms with Crippen molar-refractivity contribution < 1.29 is 13.9 Å². The summed E-state index contributed by atoms with van der Waals surface area (Å²) in [4.78, 5) is 11.8. The summed E-state index contributed by atoms with van der Waals surface area (Å²) in [5.41, 5.74) is 5.89. The SMILES string of the molecule is CCOC(=O)CSc1cccc(F)c1CN. The van der Waals surface area contributed by atoms with Crippen LogP contribution in [0.1, 0.15) is 12.5 Å². The van der Waals surface area contributed by atoms with Gasteiger partial charge in [-0.15, -0.1) is 11.8 Å². The Morgan fingerprint density at radius 3 is 2.94 bits per heavy atom. The molecule has 88 valence electrons. The highest BCUT2D eigenvalue weighted by atomic mass is 32.2. The Labute approximate surface area is 98.2 Å². The standard InChI is InChI=1S/C11H14FNO2S/c1-2-15-11(14)7-16-10-5-3-4-9(12)8(10)6-13/h3-5H,2,6-7,13H2,1H3. The van der Waals surface area contributed by atoms with E-state index in [1.165, 1.54) is 17.8 Å². The van der Waals surface area contributed by atoms with Crippen LogP contribution in [0.3, 0.4) is 0 Å². The predicted molar refractivity (Wildman–Crippen MR) is 61.6 cm³/mol. The van der Waals surface area contributed by atoms with Crippen molar-refractivity contribution in [1.29, 1.82) is 0 Å². The molecular weight excluding hydrogens is 229 g/mol. The largest absolute Gasteiger partial charge is 0.465 e. The molecule has 1 rings (SSSR count). The number of hydrogen-bond donors (Lipinski definition) is 1. The van der Waals surface area contributed by atoms with Crippen molar-refractivity contribution >= 4 is 17.7 Å². The van der Waals surface area contributed by atoms with Crippen LogP contribution in [0.4, 0.5) is 4.39 Å². The van der Waals surface area contributed by atoms with E-state index in [-0.39, 0.29) is 24.1 Å². The molecule has 0 spiro atoms. The average Bonchev–Trinajstić information content (AvgIpc) is 2.27. The van der Waals surface area contributed by atoms with Gasteiger partial charge in [-0.1, -0.05) is 6.07 Å². The number of thioether (sulfide) groups is 1. The summed E-state index contributed by atoms with van der Waals surface area (Å²) in [7, 11) is 0. The number of ether oxygens (including phenoxy) is 1. The minimum atomic E-state index is -0.337. The summed E-state index contributed by atoms with van der Waals surface area (Å²) in [6.45, 7) is 2.22. The van der Waals surface area contributed by atoms with E-state index in [0.29, 0.717) is 17.1 Å². The molecule has 3 nitrogen and oxygen atoms in total. The Morgan fingerprint density at radius 2 is 2.31 bits per heavy atom. The first-order valence-corrected chi connectivity index (χ1v) is 5.93. The zero-order valence-corrected chi connectivity index (χ0v) is 9.85. The molecule has 0 saturated carbocycles. The number of rotatable bonds is 5. The maximum atomic E-state index is 13.3. The van der Waals surface area contributed by atoms with Crippen molar-refractivity contribution in [3.8, 4) is 0 Å². The van der Waals surface area contributed by atoms with Gasteiger partial charge in [0.1, 0.15) is 5.82 Å². The van der Waals surface area contributed by atoms with Crippen LogP contribution in [0.25, 0.3) is 0 Å². The zero-order valence-electron chi connectivity index (χ0n) is 9.03. The second-order valence-electron chi connectivity index (χ2n) is 3.01. The predicted octanol–water partition coefficient (Wildman–Crippen LogP) is 1.94. The van der Waals surface area contributed by atoms with Gasteiger partial charge in [0.2, 0.25) is 0 Å². The van der Waals surface area contributed by atoms with Crippen molar-refractivity contribution in [1.82, 2.24) is 0 Å². The molecule has 0 aromatic heterocycles. The maximum Gasteiger partial charge on any atom is 0.316 e. The Kier molecular flexibility index (Phi) is 5.28. The van der Waals surface area contributed by atoms with Crippen LogP contribution in [-0.2, 0) is 16.1 Å². The highest BCUT2D eigenvalue weighted by molar-refractivity contribution is 8.00. The number of hydrogen-bond acceptors (Lipinski definition) is 4. The first-order chi connectivity index (χ1) is 7.69. The lowest BCUT2D eigenvalue weighted by atomic mass is 10.2. The molecule has 0 fully saturated rings. The molecule has 0 aliphatic carbocycles. The third-order valence-electron chi connectivity index (χ3n) is 1.93. The molecule has 0 heterocycles. The van der Waals surface area contributed by atoms with Crippen molar-refractivity contribution in [3.63, 3.8) is 0 Å². The number of carbonyl (C=O) groups is 1. The van der Waals surface area contributed by atoms with Gasteiger partial charge in [-0.2, -0.15) is 0 Å². The Morgan fingerprint density at radius 1 is 1.56 bits per heavy atom. The number of esters is 1. The topological polar surface area (TPSA) is 52.3 Å². The van der Waals surface area contributed by atoms with E-state index in [0.717, 1.165) is 0 Å². The molecule has 5 heteroatoms. The van der Waals surface area contributed by atoms with E-state index in [1.807, 2.05) is 0 Å². The smallest absolute Gasteiger partial charge is 0.316 e. The molecule has 0 bridgehead atoms. The Bertz CT molecular complexity index is 371. The Hall–Kier alpha value is -1.07. The molecular formula is C11H14FNO2S. The number of benzene rings is 1. The lowest BCUT2D eigenvalue weighted by Gasteiger charge is -2.07. The highest BCUT2D eigenvalue weighted by Crippen LogP contribution is 2.24. The van der Waals surface area contributed by atoms with Crippen LogP contribution in [0.15, 0.2) is 23.1 Å². The van der Waals surface area contributed by atoms with Crippen LogP contribution in [0.5, 0.6) is 0 Å². The molecule has 2 N–H and O–H groups in total. The van der Waals surface area contributed by atoms with Crippen molar-refractivity contribution in [3.05, 3.63) is 29.6 Å². The van der Waals surface area contributed by atoms with Gasteiger partial charge >= 0.3 is 5.97 Å². The number of carbonyl (C=O) groups excluding carboxylic acids is 1. The van der Waals surface area contributed by atoms with E-state index in [4.69, 9.17) is 10.5 Å². The molecule has 1 aromatic carbocycles. The monoisotopic (exact) mass is 243 g/mol. The van der Waals surface area contributed by atoms with Gasteiger partial charge in [0, 0.05) is 17.0 Å². The van der Waals surface area contributed by atoms with Crippen LogP contribution in [0, 0.1) is 5.82 Å². The fourth-order valence-corrected chi connectivity index (χ4v) is 2.10. The second-order valence-corrected chi connectivity index (χ2v) is 4.03. The molecule has 0 aliphatic heterocycles. The van der Waals surface area contributed by atoms with Gasteiger partial charge in [-0.3, -0.25) is 4.79 Å². The minimum absolute atomic E-state index is 0.123. The quantitative estimate of drug-likeness (QED) is 0.634. The van der Waals surface area contributed by atoms with Crippen LogP contribution in [-0.4, -0.2) is 18.3 Å². The minimum Gasteiger partial charge on any atom is -0.465 e. The van der Waals surface area contributed by atoms with Gasteiger partial charge in [-0.05, 0) is 19.1 Å². The molecule has 0 radical (unpaired) electrons. The van der Waals surface area contributed by atoms with Gasteiger partial charge in [0.05, 0.1) is 12.4 Å². The number of halogens is 1. The molecule has 1 aromatic rings. The fraction of sp³-hybridized carbons (Fsp3) is 0.364. The van der Waals surface area contributed by atoms with Crippen LogP contribution < -0.4 is 5.73 Å². The third kappa shape index (κ3) is 3.50. The van der Waals surface area contributed by atoms with Crippen LogP contribution >= 0.6 is 11.8 Å². The summed E-state index contributed by atoms with van der Waals surface area (Å²) in [5, 5.41) is 0. The Balaban J connectivity index is 2.66. The van der Waals surface area contributed by atoms with E-state index < -0.39 is 0 Å². The van der Waals surface area contributed by atoms with Gasteiger partial charge in [0.25, 0.3) is 0 Å². The lowest BCUT2D eigenvalue weighted by Crippen LogP contribution is -2.08. The summed E-state index contributed by atoms with van der Waals surface area (Å²) in [5.74, 6) is -0.472. The molecule has 0 saturated heterocycles. The molecule has 0 unspecified atom stereocenters. The van der Waals surface area contributed by atoms with Crippen molar-refractivity contribution in [2.75, 3.05) is 12.4 Å². The lowest BCUT2D eigenvalue weighted by molar-refractivity contribution is -0.139. The number of nitrogens with two attached hydrogens (primary N) is 1. The van der Waals surface area contributed by atoms with Crippen molar-refractivity contribution in [2.24, 2.45) is 5.73 Å². The molecule has 16 heavy (non-hydrogen) atoms. The second kappa shape index (κ2) is 6.50. The van der Waals surface area contributed by atoms with E-state index in [9.17, 15) is 9.18 Å². The summed E-state index contributed by atoms with van der Waals surface area (Å²) < 4.78 is 18.1. The molecule has 0 atom stereocenters.